The van der Waals surface area contributed by atoms with Crippen LogP contribution in [0.15, 0.2) is 40.6 Å². The highest BCUT2D eigenvalue weighted by atomic mass is 32.2. The third-order valence-electron chi connectivity index (χ3n) is 4.91. The number of benzene rings is 1. The lowest BCUT2D eigenvalue weighted by molar-refractivity contribution is -0.129. The van der Waals surface area contributed by atoms with Crippen LogP contribution in [0.25, 0.3) is 0 Å². The average Bonchev–Trinajstić information content (AvgIpc) is 3.21. The Morgan fingerprint density at radius 2 is 1.73 bits per heavy atom. The fraction of sp³-hybridized carbons (Fsp3) is 0.474. The summed E-state index contributed by atoms with van der Waals surface area (Å²) in [6.45, 7) is 6.60. The molecule has 0 bridgehead atoms. The van der Waals surface area contributed by atoms with Crippen molar-refractivity contribution in [3.63, 3.8) is 0 Å². The van der Waals surface area contributed by atoms with Gasteiger partial charge in [0.2, 0.25) is 15.9 Å². The highest BCUT2D eigenvalue weighted by molar-refractivity contribution is 7.99. The van der Waals surface area contributed by atoms with Crippen molar-refractivity contribution >= 4 is 33.5 Å². The molecule has 1 fully saturated rings. The second kappa shape index (κ2) is 9.27. The number of ketones is 1. The molecule has 1 saturated heterocycles. The molecule has 1 aliphatic rings. The van der Waals surface area contributed by atoms with Gasteiger partial charge in [0.25, 0.3) is 0 Å². The van der Waals surface area contributed by atoms with Gasteiger partial charge in [-0.2, -0.15) is 4.31 Å². The van der Waals surface area contributed by atoms with Gasteiger partial charge in [0.15, 0.2) is 10.9 Å². The zero-order chi connectivity index (χ0) is 21.9. The summed E-state index contributed by atoms with van der Waals surface area (Å²) in [7, 11) is -3.66. The van der Waals surface area contributed by atoms with E-state index in [0.717, 1.165) is 0 Å². The van der Waals surface area contributed by atoms with Gasteiger partial charge in [-0.15, -0.1) is 10.2 Å². The number of sulfonamides is 1. The van der Waals surface area contributed by atoms with Crippen molar-refractivity contribution in [1.29, 1.82) is 0 Å². The minimum atomic E-state index is -3.66. The molecule has 9 nitrogen and oxygen atoms in total. The molecular weight excluding hydrogens is 426 g/mol. The molecule has 0 spiro atoms. The molecule has 1 amide bonds. The van der Waals surface area contributed by atoms with Crippen molar-refractivity contribution in [2.24, 2.45) is 0 Å². The number of aromatic nitrogens is 3. The number of nitrogens with zero attached hydrogens (tertiary/aromatic N) is 5. The van der Waals surface area contributed by atoms with Gasteiger partial charge in [-0.3, -0.25) is 9.59 Å². The highest BCUT2D eigenvalue weighted by Gasteiger charge is 2.30. The molecule has 0 atom stereocenters. The molecule has 0 radical (unpaired) electrons. The molecule has 0 aliphatic carbocycles. The number of hydrogen-bond donors (Lipinski definition) is 0. The van der Waals surface area contributed by atoms with Crippen molar-refractivity contribution in [2.45, 2.75) is 36.9 Å². The van der Waals surface area contributed by atoms with Crippen LogP contribution in [0, 0.1) is 0 Å². The number of hydrogen-bond acceptors (Lipinski definition) is 7. The standard InChI is InChI=1S/C19H25N5O4S2/c1-14(2)24-13-20-21-19(24)29-12-18(26)22-8-10-23(11-9-22)30(27,28)17-6-4-16(5-7-17)15(3)25/h4-7,13-14H,8-12H2,1-3H3. The van der Waals surface area contributed by atoms with Gasteiger partial charge in [-0.1, -0.05) is 23.9 Å². The summed E-state index contributed by atoms with van der Waals surface area (Å²) in [5, 5.41) is 8.62. The molecule has 2 aromatic rings. The van der Waals surface area contributed by atoms with Crippen molar-refractivity contribution < 1.29 is 18.0 Å². The van der Waals surface area contributed by atoms with Crippen LogP contribution in [0.4, 0.5) is 0 Å². The maximum absolute atomic E-state index is 12.8. The van der Waals surface area contributed by atoms with Crippen molar-refractivity contribution in [3.8, 4) is 0 Å². The van der Waals surface area contributed by atoms with Gasteiger partial charge in [0.1, 0.15) is 6.33 Å². The van der Waals surface area contributed by atoms with E-state index in [-0.39, 0.29) is 41.5 Å². The first-order valence-electron chi connectivity index (χ1n) is 9.61. The number of amides is 1. The Morgan fingerprint density at radius 3 is 2.30 bits per heavy atom. The van der Waals surface area contributed by atoms with E-state index in [9.17, 15) is 18.0 Å². The normalized spacial score (nSPS) is 15.5. The Bertz CT molecular complexity index is 1010. The van der Waals surface area contributed by atoms with Crippen molar-refractivity contribution in [2.75, 3.05) is 31.9 Å². The zero-order valence-corrected chi connectivity index (χ0v) is 18.8. The molecule has 3 rings (SSSR count). The minimum Gasteiger partial charge on any atom is -0.339 e. The quantitative estimate of drug-likeness (QED) is 0.466. The van der Waals surface area contributed by atoms with Gasteiger partial charge in [0.05, 0.1) is 10.6 Å². The molecule has 1 aromatic heterocycles. The maximum Gasteiger partial charge on any atom is 0.243 e. The molecule has 2 heterocycles. The van der Waals surface area contributed by atoms with Crippen LogP contribution in [0.5, 0.6) is 0 Å². The fourth-order valence-corrected chi connectivity index (χ4v) is 5.46. The first-order chi connectivity index (χ1) is 14.2. The molecular formula is C19H25N5O4S2. The third-order valence-corrected chi connectivity index (χ3v) is 7.77. The van der Waals surface area contributed by atoms with Gasteiger partial charge in [-0.05, 0) is 32.9 Å². The number of carbonyl (C=O) groups excluding carboxylic acids is 2. The molecule has 0 N–H and O–H groups in total. The van der Waals surface area contributed by atoms with E-state index in [1.54, 1.807) is 11.2 Å². The number of rotatable bonds is 7. The van der Waals surface area contributed by atoms with Crippen LogP contribution in [-0.4, -0.2) is 76.0 Å². The molecule has 0 unspecified atom stereocenters. The SMILES string of the molecule is CC(=O)c1ccc(S(=O)(=O)N2CCN(C(=O)CSc3nncn3C(C)C)CC2)cc1. The van der Waals surface area contributed by atoms with Gasteiger partial charge in [0, 0.05) is 37.8 Å². The van der Waals surface area contributed by atoms with E-state index in [1.165, 1.54) is 47.3 Å². The summed E-state index contributed by atoms with van der Waals surface area (Å²) >= 11 is 1.33. The Balaban J connectivity index is 1.56. The second-order valence-corrected chi connectivity index (χ2v) is 10.1. The van der Waals surface area contributed by atoms with Gasteiger partial charge < -0.3 is 9.47 Å². The lowest BCUT2D eigenvalue weighted by Gasteiger charge is -2.34. The van der Waals surface area contributed by atoms with E-state index in [0.29, 0.717) is 23.8 Å². The second-order valence-electron chi connectivity index (χ2n) is 7.27. The minimum absolute atomic E-state index is 0.0545. The van der Waals surface area contributed by atoms with E-state index in [4.69, 9.17) is 0 Å². The number of Topliss-reactive ketones (excluding diaryl/α,β-unsaturated/α-hetero) is 1. The Kier molecular flexibility index (Phi) is 6.94. The number of piperazine rings is 1. The third kappa shape index (κ3) is 4.90. The molecule has 0 saturated carbocycles. The lowest BCUT2D eigenvalue weighted by atomic mass is 10.2. The zero-order valence-electron chi connectivity index (χ0n) is 17.2. The lowest BCUT2D eigenvalue weighted by Crippen LogP contribution is -2.51. The summed E-state index contributed by atoms with van der Waals surface area (Å²) in [6, 6.07) is 6.14. The van der Waals surface area contributed by atoms with Crippen LogP contribution >= 0.6 is 11.8 Å². The average molecular weight is 452 g/mol. The van der Waals surface area contributed by atoms with Gasteiger partial charge in [-0.25, -0.2) is 8.42 Å². The predicted octanol–water partition coefficient (Wildman–Crippen LogP) is 1.69. The summed E-state index contributed by atoms with van der Waals surface area (Å²) in [4.78, 5) is 25.8. The largest absolute Gasteiger partial charge is 0.339 e. The first kappa shape index (κ1) is 22.4. The van der Waals surface area contributed by atoms with E-state index in [2.05, 4.69) is 10.2 Å². The Labute approximate surface area is 180 Å². The van der Waals surface area contributed by atoms with E-state index < -0.39 is 10.0 Å². The topological polar surface area (TPSA) is 105 Å². The number of carbonyl (C=O) groups is 2. The smallest absolute Gasteiger partial charge is 0.243 e. The van der Waals surface area contributed by atoms with E-state index >= 15 is 0 Å². The fourth-order valence-electron chi connectivity index (χ4n) is 3.10. The van der Waals surface area contributed by atoms with Gasteiger partial charge >= 0.3 is 0 Å². The Hall–Kier alpha value is -2.24. The van der Waals surface area contributed by atoms with Crippen LogP contribution < -0.4 is 0 Å². The molecule has 162 valence electrons. The first-order valence-corrected chi connectivity index (χ1v) is 12.0. The highest BCUT2D eigenvalue weighted by Crippen LogP contribution is 2.21. The van der Waals surface area contributed by atoms with E-state index in [1.807, 2.05) is 18.4 Å². The van der Waals surface area contributed by atoms with Crippen LogP contribution in [0.2, 0.25) is 0 Å². The monoisotopic (exact) mass is 451 g/mol. The van der Waals surface area contributed by atoms with Crippen LogP contribution in [-0.2, 0) is 14.8 Å². The van der Waals surface area contributed by atoms with Crippen LogP contribution in [0.1, 0.15) is 37.2 Å². The maximum atomic E-state index is 12.8. The molecule has 30 heavy (non-hydrogen) atoms. The molecule has 11 heteroatoms. The van der Waals surface area contributed by atoms with Crippen LogP contribution in [0.3, 0.4) is 0 Å². The predicted molar refractivity (Wildman–Crippen MR) is 113 cm³/mol. The molecule has 1 aliphatic heterocycles. The number of thioether (sulfide) groups is 1. The summed E-state index contributed by atoms with van der Waals surface area (Å²) in [5.41, 5.74) is 0.468. The van der Waals surface area contributed by atoms with Crippen molar-refractivity contribution in [3.05, 3.63) is 36.2 Å². The Morgan fingerprint density at radius 1 is 1.10 bits per heavy atom. The molecule has 1 aromatic carbocycles. The summed E-state index contributed by atoms with van der Waals surface area (Å²) < 4.78 is 29.0. The summed E-state index contributed by atoms with van der Waals surface area (Å²) in [6.07, 6.45) is 1.64. The summed E-state index contributed by atoms with van der Waals surface area (Å²) in [5.74, 6) is 0.0572. The van der Waals surface area contributed by atoms with Crippen molar-refractivity contribution in [1.82, 2.24) is 24.0 Å².